The lowest BCUT2D eigenvalue weighted by atomic mass is 9.89. The van der Waals surface area contributed by atoms with Gasteiger partial charge in [-0.15, -0.1) is 0 Å². The van der Waals surface area contributed by atoms with Crippen LogP contribution in [-0.4, -0.2) is 41.1 Å². The van der Waals surface area contributed by atoms with Crippen molar-refractivity contribution in [2.45, 2.75) is 45.1 Å². The van der Waals surface area contributed by atoms with Gasteiger partial charge in [-0.2, -0.15) is 0 Å². The molecule has 1 saturated heterocycles. The second kappa shape index (κ2) is 7.29. The molecule has 1 aliphatic heterocycles. The Bertz CT molecular complexity index is 519. The molecule has 2 N–H and O–H groups in total. The van der Waals surface area contributed by atoms with Crippen molar-refractivity contribution >= 4 is 12.0 Å². The Balaban J connectivity index is 1.89. The van der Waals surface area contributed by atoms with Crippen LogP contribution in [-0.2, 0) is 11.2 Å². The van der Waals surface area contributed by atoms with E-state index in [9.17, 15) is 9.59 Å². The van der Waals surface area contributed by atoms with Crippen molar-refractivity contribution in [3.63, 3.8) is 0 Å². The number of nitrogens with one attached hydrogen (secondary N) is 1. The number of hydrogen-bond acceptors (Lipinski definition) is 2. The van der Waals surface area contributed by atoms with E-state index < -0.39 is 6.09 Å². The van der Waals surface area contributed by atoms with Crippen LogP contribution in [0.25, 0.3) is 0 Å². The summed E-state index contributed by atoms with van der Waals surface area (Å²) in [5.74, 6) is 0.437. The second-order valence-corrected chi connectivity index (χ2v) is 6.09. The van der Waals surface area contributed by atoms with Crippen LogP contribution in [0.4, 0.5) is 4.79 Å². The summed E-state index contributed by atoms with van der Waals surface area (Å²) in [4.78, 5) is 23.4. The highest BCUT2D eigenvalue weighted by Crippen LogP contribution is 2.28. The highest BCUT2D eigenvalue weighted by molar-refractivity contribution is 5.73. The highest BCUT2D eigenvalue weighted by atomic mass is 16.4. The third-order valence-corrected chi connectivity index (χ3v) is 4.21. The van der Waals surface area contributed by atoms with E-state index in [1.165, 1.54) is 23.0 Å². The van der Waals surface area contributed by atoms with Crippen molar-refractivity contribution in [3.8, 4) is 0 Å². The SMILES string of the molecule is CC(=O)NC(C)Cc1ccc(C2CCN(C(=O)O)CC2)cc1. The number of amides is 2. The first-order chi connectivity index (χ1) is 10.5. The van der Waals surface area contributed by atoms with E-state index in [1.54, 1.807) is 0 Å². The van der Waals surface area contributed by atoms with Crippen molar-refractivity contribution in [3.05, 3.63) is 35.4 Å². The van der Waals surface area contributed by atoms with Gasteiger partial charge in [0.15, 0.2) is 0 Å². The highest BCUT2D eigenvalue weighted by Gasteiger charge is 2.23. The summed E-state index contributed by atoms with van der Waals surface area (Å²) < 4.78 is 0. The molecule has 0 spiro atoms. The fraction of sp³-hybridized carbons (Fsp3) is 0.529. The molecule has 1 aliphatic rings. The summed E-state index contributed by atoms with van der Waals surface area (Å²) in [5.41, 5.74) is 2.48. The molecule has 1 fully saturated rings. The molecule has 2 amide bonds. The molecule has 1 aromatic carbocycles. The Morgan fingerprint density at radius 3 is 2.36 bits per heavy atom. The first kappa shape index (κ1) is 16.3. The molecular weight excluding hydrogens is 280 g/mol. The van der Waals surface area contributed by atoms with Crippen molar-refractivity contribution in [1.82, 2.24) is 10.2 Å². The molecule has 0 aromatic heterocycles. The summed E-state index contributed by atoms with van der Waals surface area (Å²) in [7, 11) is 0. The number of carbonyl (C=O) groups excluding carboxylic acids is 1. The Hall–Kier alpha value is -2.04. The third-order valence-electron chi connectivity index (χ3n) is 4.21. The molecule has 1 heterocycles. The summed E-state index contributed by atoms with van der Waals surface area (Å²) in [5, 5.41) is 11.9. The van der Waals surface area contributed by atoms with E-state index >= 15 is 0 Å². The van der Waals surface area contributed by atoms with Gasteiger partial charge in [0.2, 0.25) is 5.91 Å². The summed E-state index contributed by atoms with van der Waals surface area (Å²) in [6.45, 7) is 4.75. The number of hydrogen-bond donors (Lipinski definition) is 2. The summed E-state index contributed by atoms with van der Waals surface area (Å²) >= 11 is 0. The van der Waals surface area contributed by atoms with Crippen molar-refractivity contribution < 1.29 is 14.7 Å². The first-order valence-corrected chi connectivity index (χ1v) is 7.79. The zero-order valence-corrected chi connectivity index (χ0v) is 13.2. The monoisotopic (exact) mass is 304 g/mol. The van der Waals surface area contributed by atoms with E-state index in [4.69, 9.17) is 5.11 Å². The molecule has 1 unspecified atom stereocenters. The zero-order chi connectivity index (χ0) is 16.1. The fourth-order valence-electron chi connectivity index (χ4n) is 3.08. The molecule has 22 heavy (non-hydrogen) atoms. The third kappa shape index (κ3) is 4.48. The van der Waals surface area contributed by atoms with E-state index in [0.717, 1.165) is 19.3 Å². The molecule has 0 bridgehead atoms. The van der Waals surface area contributed by atoms with Crippen LogP contribution in [0.3, 0.4) is 0 Å². The average molecular weight is 304 g/mol. The minimum absolute atomic E-state index is 0.00527. The van der Waals surface area contributed by atoms with E-state index in [0.29, 0.717) is 19.0 Å². The predicted octanol–water partition coefficient (Wildman–Crippen LogP) is 2.61. The van der Waals surface area contributed by atoms with Crippen LogP contribution in [0.2, 0.25) is 0 Å². The number of carboxylic acid groups (broad SMARTS) is 1. The van der Waals surface area contributed by atoms with Crippen LogP contribution >= 0.6 is 0 Å². The van der Waals surface area contributed by atoms with Gasteiger partial charge in [0.25, 0.3) is 0 Å². The van der Waals surface area contributed by atoms with Gasteiger partial charge in [0, 0.05) is 26.1 Å². The smallest absolute Gasteiger partial charge is 0.407 e. The molecule has 1 atom stereocenters. The van der Waals surface area contributed by atoms with E-state index in [2.05, 4.69) is 29.6 Å². The molecular formula is C17H24N2O3. The van der Waals surface area contributed by atoms with Gasteiger partial charge in [0.05, 0.1) is 0 Å². The van der Waals surface area contributed by atoms with Gasteiger partial charge in [-0.3, -0.25) is 4.79 Å². The maximum atomic E-state index is 11.0. The van der Waals surface area contributed by atoms with Crippen molar-refractivity contribution in [2.24, 2.45) is 0 Å². The van der Waals surface area contributed by atoms with Crippen LogP contribution < -0.4 is 5.32 Å². The van der Waals surface area contributed by atoms with Gasteiger partial charge in [-0.05, 0) is 43.2 Å². The van der Waals surface area contributed by atoms with Crippen LogP contribution in [0.5, 0.6) is 0 Å². The Kier molecular flexibility index (Phi) is 5.41. The minimum Gasteiger partial charge on any atom is -0.465 e. The molecule has 120 valence electrons. The number of carbonyl (C=O) groups is 2. The largest absolute Gasteiger partial charge is 0.465 e. The number of likely N-dealkylation sites (tertiary alicyclic amines) is 1. The number of rotatable bonds is 4. The number of piperidine rings is 1. The standard InChI is InChI=1S/C17H24N2O3/c1-12(18-13(2)20)11-14-3-5-15(6-4-14)16-7-9-19(10-8-16)17(21)22/h3-6,12,16H,7-11H2,1-2H3,(H,18,20)(H,21,22). The normalized spacial score (nSPS) is 17.1. The molecule has 5 heteroatoms. The van der Waals surface area contributed by atoms with Gasteiger partial charge in [-0.1, -0.05) is 24.3 Å². The quantitative estimate of drug-likeness (QED) is 0.898. The average Bonchev–Trinajstić information content (AvgIpc) is 2.47. The van der Waals surface area contributed by atoms with Gasteiger partial charge in [0.1, 0.15) is 0 Å². The number of benzene rings is 1. The fourth-order valence-corrected chi connectivity index (χ4v) is 3.08. The molecule has 2 rings (SSSR count). The molecule has 0 aliphatic carbocycles. The summed E-state index contributed by atoms with van der Waals surface area (Å²) in [6, 6.07) is 8.62. The Morgan fingerprint density at radius 2 is 1.86 bits per heavy atom. The number of nitrogens with zero attached hydrogens (tertiary/aromatic N) is 1. The topological polar surface area (TPSA) is 69.6 Å². The second-order valence-electron chi connectivity index (χ2n) is 6.09. The lowest BCUT2D eigenvalue weighted by molar-refractivity contribution is -0.119. The Labute approximate surface area is 131 Å². The first-order valence-electron chi connectivity index (χ1n) is 7.79. The minimum atomic E-state index is -0.819. The molecule has 5 nitrogen and oxygen atoms in total. The van der Waals surface area contributed by atoms with Crippen LogP contribution in [0, 0.1) is 0 Å². The Morgan fingerprint density at radius 1 is 1.27 bits per heavy atom. The van der Waals surface area contributed by atoms with Gasteiger partial charge < -0.3 is 15.3 Å². The van der Waals surface area contributed by atoms with Crippen LogP contribution in [0.15, 0.2) is 24.3 Å². The van der Waals surface area contributed by atoms with Gasteiger partial charge >= 0.3 is 6.09 Å². The van der Waals surface area contributed by atoms with E-state index in [1.807, 2.05) is 6.92 Å². The zero-order valence-electron chi connectivity index (χ0n) is 13.2. The predicted molar refractivity (Wildman–Crippen MR) is 85.0 cm³/mol. The van der Waals surface area contributed by atoms with Crippen molar-refractivity contribution in [2.75, 3.05) is 13.1 Å². The van der Waals surface area contributed by atoms with E-state index in [-0.39, 0.29) is 11.9 Å². The maximum Gasteiger partial charge on any atom is 0.407 e. The molecule has 0 saturated carbocycles. The summed E-state index contributed by atoms with van der Waals surface area (Å²) in [6.07, 6.45) is 1.76. The lowest BCUT2D eigenvalue weighted by Gasteiger charge is -2.30. The van der Waals surface area contributed by atoms with Crippen LogP contribution in [0.1, 0.15) is 43.7 Å². The van der Waals surface area contributed by atoms with Gasteiger partial charge in [-0.25, -0.2) is 4.79 Å². The molecule has 1 aromatic rings. The molecule has 0 radical (unpaired) electrons. The maximum absolute atomic E-state index is 11.0. The van der Waals surface area contributed by atoms with Crippen molar-refractivity contribution in [1.29, 1.82) is 0 Å². The lowest BCUT2D eigenvalue weighted by Crippen LogP contribution is -2.36.